The highest BCUT2D eigenvalue weighted by atomic mass is 16.1. The molecular weight excluding hydrogens is 424 g/mol. The molecule has 0 atom stereocenters. The van der Waals surface area contributed by atoms with Gasteiger partial charge in [0.05, 0.1) is 22.8 Å². The molecule has 0 amide bonds. The first-order chi connectivity index (χ1) is 16.2. The number of nitrogen functional groups attached to an aromatic ring is 3. The lowest BCUT2D eigenvalue weighted by atomic mass is 10.0. The van der Waals surface area contributed by atoms with Gasteiger partial charge in [-0.15, -0.1) is 0 Å². The molecule has 0 unspecified atom stereocenters. The van der Waals surface area contributed by atoms with Crippen LogP contribution in [0.2, 0.25) is 0 Å². The van der Waals surface area contributed by atoms with Crippen molar-refractivity contribution in [1.82, 2.24) is 0 Å². The number of anilines is 5. The number of nitrogens with zero attached hydrogens (tertiary/aromatic N) is 1. The van der Waals surface area contributed by atoms with Gasteiger partial charge in [0.15, 0.2) is 0 Å². The van der Waals surface area contributed by atoms with Gasteiger partial charge in [0, 0.05) is 34.5 Å². The molecule has 7 heteroatoms. The Morgan fingerprint density at radius 1 is 0.647 bits per heavy atom. The maximum atomic E-state index is 13.0. The van der Waals surface area contributed by atoms with Crippen molar-refractivity contribution in [2.45, 2.75) is 20.8 Å². The Morgan fingerprint density at radius 3 is 1.68 bits per heavy atom. The van der Waals surface area contributed by atoms with E-state index in [2.05, 4.69) is 10.6 Å². The van der Waals surface area contributed by atoms with Crippen molar-refractivity contribution in [2.75, 3.05) is 27.8 Å². The number of carbonyl (C=O) groups is 1. The number of benzene rings is 3. The summed E-state index contributed by atoms with van der Waals surface area (Å²) in [6.07, 6.45) is 3.29. The third-order valence-corrected chi connectivity index (χ3v) is 5.70. The summed E-state index contributed by atoms with van der Waals surface area (Å²) >= 11 is 0. The molecule has 8 N–H and O–H groups in total. The number of hydrogen-bond donors (Lipinski definition) is 5. The summed E-state index contributed by atoms with van der Waals surface area (Å²) in [6, 6.07) is 16.8. The molecule has 34 heavy (non-hydrogen) atoms. The standard InChI is InChI=1S/C27H28N6O/c1-15-10-18(4-7-21(15)28)31-24-13-26(33-20-6-9-23(30)17(3)12-20)27(34)14-25(24)32-19-5-8-22(29)16(2)11-19/h4-14,32-33H,28-30H2,1-3H3/b31-24-. The number of hydrogen-bond acceptors (Lipinski definition) is 7. The first-order valence-corrected chi connectivity index (χ1v) is 10.9. The molecule has 172 valence electrons. The molecule has 0 aliphatic heterocycles. The summed E-state index contributed by atoms with van der Waals surface area (Å²) in [5, 5.41) is 6.52. The lowest BCUT2D eigenvalue weighted by molar-refractivity contribution is -0.111. The zero-order chi connectivity index (χ0) is 24.4. The van der Waals surface area contributed by atoms with E-state index in [1.54, 1.807) is 12.2 Å². The van der Waals surface area contributed by atoms with Crippen LogP contribution in [0.3, 0.4) is 0 Å². The second kappa shape index (κ2) is 9.15. The zero-order valence-corrected chi connectivity index (χ0v) is 19.4. The van der Waals surface area contributed by atoms with Gasteiger partial charge < -0.3 is 27.8 Å². The van der Waals surface area contributed by atoms with Crippen molar-refractivity contribution in [1.29, 1.82) is 0 Å². The molecule has 0 saturated heterocycles. The van der Waals surface area contributed by atoms with Crippen LogP contribution in [0.5, 0.6) is 0 Å². The van der Waals surface area contributed by atoms with E-state index in [-0.39, 0.29) is 5.78 Å². The van der Waals surface area contributed by atoms with Gasteiger partial charge in [-0.3, -0.25) is 4.79 Å². The Labute approximate surface area is 199 Å². The molecule has 3 aromatic carbocycles. The van der Waals surface area contributed by atoms with Crippen LogP contribution in [0.1, 0.15) is 16.7 Å². The van der Waals surface area contributed by atoms with Crippen LogP contribution >= 0.6 is 0 Å². The highest BCUT2D eigenvalue weighted by Crippen LogP contribution is 2.26. The van der Waals surface area contributed by atoms with Crippen molar-refractivity contribution in [3.05, 3.63) is 94.8 Å². The van der Waals surface area contributed by atoms with Gasteiger partial charge in [-0.05, 0) is 98.1 Å². The van der Waals surface area contributed by atoms with Gasteiger partial charge in [-0.2, -0.15) is 0 Å². The minimum atomic E-state index is -0.170. The van der Waals surface area contributed by atoms with Crippen LogP contribution < -0.4 is 27.8 Å². The highest BCUT2D eigenvalue weighted by molar-refractivity contribution is 6.24. The number of ketones is 1. The predicted octanol–water partition coefficient (Wildman–Crippen LogP) is 5.01. The number of aryl methyl sites for hydroxylation is 3. The van der Waals surface area contributed by atoms with E-state index in [0.29, 0.717) is 34.2 Å². The van der Waals surface area contributed by atoms with Gasteiger partial charge in [0.25, 0.3) is 0 Å². The van der Waals surface area contributed by atoms with E-state index < -0.39 is 0 Å². The summed E-state index contributed by atoms with van der Waals surface area (Å²) in [4.78, 5) is 17.8. The number of carbonyl (C=O) groups excluding carboxylic acids is 1. The lowest BCUT2D eigenvalue weighted by Crippen LogP contribution is -2.22. The average Bonchev–Trinajstić information content (AvgIpc) is 2.79. The number of aliphatic imine (C=N–C) groups is 1. The minimum absolute atomic E-state index is 0.170. The van der Waals surface area contributed by atoms with Gasteiger partial charge >= 0.3 is 0 Å². The Kier molecular flexibility index (Phi) is 6.10. The molecule has 0 saturated carbocycles. The minimum Gasteiger partial charge on any atom is -0.399 e. The molecule has 0 spiro atoms. The third kappa shape index (κ3) is 4.94. The van der Waals surface area contributed by atoms with Crippen molar-refractivity contribution in [2.24, 2.45) is 4.99 Å². The normalized spacial score (nSPS) is 14.6. The fourth-order valence-corrected chi connectivity index (χ4v) is 3.55. The predicted molar refractivity (Wildman–Crippen MR) is 142 cm³/mol. The van der Waals surface area contributed by atoms with Crippen LogP contribution in [-0.4, -0.2) is 11.5 Å². The summed E-state index contributed by atoms with van der Waals surface area (Å²) < 4.78 is 0. The monoisotopic (exact) mass is 452 g/mol. The molecule has 3 aromatic rings. The highest BCUT2D eigenvalue weighted by Gasteiger charge is 2.20. The molecule has 0 fully saturated rings. The van der Waals surface area contributed by atoms with Crippen molar-refractivity contribution >= 4 is 45.6 Å². The fraction of sp³-hybridized carbons (Fsp3) is 0.111. The topological polar surface area (TPSA) is 132 Å². The van der Waals surface area contributed by atoms with Gasteiger partial charge in [0.1, 0.15) is 0 Å². The second-order valence-electron chi connectivity index (χ2n) is 8.41. The summed E-state index contributed by atoms with van der Waals surface area (Å²) in [5.74, 6) is -0.170. The summed E-state index contributed by atoms with van der Waals surface area (Å²) in [7, 11) is 0. The molecule has 1 aliphatic rings. The summed E-state index contributed by atoms with van der Waals surface area (Å²) in [6.45, 7) is 5.79. The van der Waals surface area contributed by atoms with Crippen LogP contribution in [0.4, 0.5) is 34.1 Å². The SMILES string of the molecule is Cc1cc(/N=C2/C=C(Nc3ccc(N)c(C)c3)C(=O)C=C2Nc2ccc(N)c(C)c2)ccc1N. The second-order valence-corrected chi connectivity index (χ2v) is 8.41. The molecule has 0 radical (unpaired) electrons. The molecule has 4 rings (SSSR count). The van der Waals surface area contributed by atoms with Gasteiger partial charge in [-0.1, -0.05) is 0 Å². The largest absolute Gasteiger partial charge is 0.399 e. The van der Waals surface area contributed by atoms with E-state index in [9.17, 15) is 4.79 Å². The number of rotatable bonds is 5. The first kappa shape index (κ1) is 22.7. The smallest absolute Gasteiger partial charge is 0.204 e. The van der Waals surface area contributed by atoms with Crippen LogP contribution in [0.25, 0.3) is 0 Å². The van der Waals surface area contributed by atoms with Crippen LogP contribution in [-0.2, 0) is 4.79 Å². The van der Waals surface area contributed by atoms with E-state index >= 15 is 0 Å². The Balaban J connectivity index is 1.72. The van der Waals surface area contributed by atoms with Crippen molar-refractivity contribution in [3.8, 4) is 0 Å². The van der Waals surface area contributed by atoms with Crippen molar-refractivity contribution < 1.29 is 4.79 Å². The van der Waals surface area contributed by atoms with E-state index in [1.165, 1.54) is 0 Å². The fourth-order valence-electron chi connectivity index (χ4n) is 3.55. The van der Waals surface area contributed by atoms with E-state index in [0.717, 1.165) is 33.8 Å². The number of nitrogens with one attached hydrogen (secondary N) is 2. The molecule has 7 nitrogen and oxygen atoms in total. The quantitative estimate of drug-likeness (QED) is 0.273. The zero-order valence-electron chi connectivity index (χ0n) is 19.4. The number of nitrogens with two attached hydrogens (primary N) is 3. The Morgan fingerprint density at radius 2 is 1.15 bits per heavy atom. The first-order valence-electron chi connectivity index (χ1n) is 10.9. The maximum Gasteiger partial charge on any atom is 0.204 e. The van der Waals surface area contributed by atoms with Crippen LogP contribution in [0, 0.1) is 20.8 Å². The van der Waals surface area contributed by atoms with Crippen LogP contribution in [0.15, 0.2) is 83.1 Å². The third-order valence-electron chi connectivity index (χ3n) is 5.70. The van der Waals surface area contributed by atoms with E-state index in [1.807, 2.05) is 75.4 Å². The average molecular weight is 453 g/mol. The Hall–Kier alpha value is -4.52. The molecular formula is C27H28N6O. The summed E-state index contributed by atoms with van der Waals surface area (Å²) in [5.41, 5.74) is 26.7. The lowest BCUT2D eigenvalue weighted by Gasteiger charge is -2.19. The van der Waals surface area contributed by atoms with E-state index in [4.69, 9.17) is 22.2 Å². The molecule has 0 aromatic heterocycles. The Bertz CT molecular complexity index is 1380. The maximum absolute atomic E-state index is 13.0. The number of allylic oxidation sites excluding steroid dienone is 2. The molecule has 0 heterocycles. The van der Waals surface area contributed by atoms with Gasteiger partial charge in [-0.25, -0.2) is 4.99 Å². The van der Waals surface area contributed by atoms with Gasteiger partial charge in [0.2, 0.25) is 5.78 Å². The molecule has 1 aliphatic carbocycles. The van der Waals surface area contributed by atoms with Crippen molar-refractivity contribution in [3.63, 3.8) is 0 Å². The molecule has 0 bridgehead atoms.